The number of piperazine rings is 1. The number of aryl methyl sites for hydroxylation is 2. The normalized spacial score (nSPS) is 21.5. The molecule has 92 valence electrons. The lowest BCUT2D eigenvalue weighted by Gasteiger charge is -2.30. The monoisotopic (exact) mass is 232 g/mol. The van der Waals surface area contributed by atoms with Crippen molar-refractivity contribution in [3.63, 3.8) is 0 Å². The van der Waals surface area contributed by atoms with Gasteiger partial charge in [-0.25, -0.2) is 0 Å². The van der Waals surface area contributed by atoms with E-state index >= 15 is 0 Å². The smallest absolute Gasteiger partial charge is 0.181 e. The van der Waals surface area contributed by atoms with E-state index in [4.69, 9.17) is 0 Å². The molecule has 1 fully saturated rings. The second-order valence-electron chi connectivity index (χ2n) is 4.95. The summed E-state index contributed by atoms with van der Waals surface area (Å²) in [5.74, 6) is 0.217. The van der Waals surface area contributed by atoms with E-state index in [-0.39, 0.29) is 11.8 Å². The first-order chi connectivity index (χ1) is 8.08. The average molecular weight is 232 g/mol. The fraction of sp³-hybridized carbons (Fsp3) is 0.500. The van der Waals surface area contributed by atoms with E-state index in [1.165, 1.54) is 5.56 Å². The summed E-state index contributed by atoms with van der Waals surface area (Å²) >= 11 is 0. The molecular weight excluding hydrogens is 212 g/mol. The summed E-state index contributed by atoms with van der Waals surface area (Å²) in [6.45, 7) is 6.75. The highest BCUT2D eigenvalue weighted by atomic mass is 16.1. The Morgan fingerprint density at radius 3 is 2.82 bits per heavy atom. The molecule has 3 heteroatoms. The van der Waals surface area contributed by atoms with Gasteiger partial charge in [0.05, 0.1) is 6.04 Å². The van der Waals surface area contributed by atoms with Crippen molar-refractivity contribution in [1.29, 1.82) is 0 Å². The van der Waals surface area contributed by atoms with Gasteiger partial charge in [0.25, 0.3) is 0 Å². The van der Waals surface area contributed by atoms with Gasteiger partial charge in [0.1, 0.15) is 0 Å². The molecule has 0 amide bonds. The van der Waals surface area contributed by atoms with Crippen molar-refractivity contribution in [3.05, 3.63) is 34.9 Å². The second kappa shape index (κ2) is 4.98. The molecule has 0 aliphatic carbocycles. The highest BCUT2D eigenvalue weighted by Gasteiger charge is 2.25. The molecule has 1 atom stereocenters. The first kappa shape index (κ1) is 12.3. The third-order valence-electron chi connectivity index (χ3n) is 3.34. The van der Waals surface area contributed by atoms with Crippen LogP contribution in [-0.4, -0.2) is 43.4 Å². The molecule has 0 saturated carbocycles. The van der Waals surface area contributed by atoms with E-state index in [2.05, 4.69) is 23.3 Å². The molecular formula is C14H20N2O. The summed E-state index contributed by atoms with van der Waals surface area (Å²) in [4.78, 5) is 14.6. The Kier molecular flexibility index (Phi) is 3.60. The molecule has 1 unspecified atom stereocenters. The van der Waals surface area contributed by atoms with Crippen molar-refractivity contribution in [2.75, 3.05) is 26.7 Å². The van der Waals surface area contributed by atoms with Gasteiger partial charge in [0.15, 0.2) is 5.78 Å². The lowest BCUT2D eigenvalue weighted by Crippen LogP contribution is -2.52. The van der Waals surface area contributed by atoms with Crippen LogP contribution in [0.2, 0.25) is 0 Å². The Labute approximate surface area is 103 Å². The Balaban J connectivity index is 2.18. The molecule has 1 saturated heterocycles. The number of carbonyl (C=O) groups is 1. The predicted molar refractivity (Wildman–Crippen MR) is 69.5 cm³/mol. The van der Waals surface area contributed by atoms with E-state index in [1.54, 1.807) is 0 Å². The van der Waals surface area contributed by atoms with E-state index in [0.29, 0.717) is 0 Å². The summed E-state index contributed by atoms with van der Waals surface area (Å²) in [7, 11) is 2.06. The molecule has 17 heavy (non-hydrogen) atoms. The van der Waals surface area contributed by atoms with Crippen LogP contribution >= 0.6 is 0 Å². The van der Waals surface area contributed by atoms with E-state index in [0.717, 1.165) is 30.8 Å². The van der Waals surface area contributed by atoms with Gasteiger partial charge in [-0.3, -0.25) is 4.79 Å². The number of nitrogens with zero attached hydrogens (tertiary/aromatic N) is 1. The lowest BCUT2D eigenvalue weighted by molar-refractivity contribution is 0.0894. The third kappa shape index (κ3) is 2.73. The van der Waals surface area contributed by atoms with Gasteiger partial charge >= 0.3 is 0 Å². The SMILES string of the molecule is Cc1ccc(C(=O)C2CN(C)CCN2)c(C)c1. The minimum absolute atomic E-state index is 0.0600. The van der Waals surface area contributed by atoms with Crippen LogP contribution in [0.4, 0.5) is 0 Å². The Morgan fingerprint density at radius 1 is 1.41 bits per heavy atom. The lowest BCUT2D eigenvalue weighted by atomic mass is 9.97. The summed E-state index contributed by atoms with van der Waals surface area (Å²) in [5.41, 5.74) is 3.13. The molecule has 0 radical (unpaired) electrons. The van der Waals surface area contributed by atoms with Crippen LogP contribution in [0.15, 0.2) is 18.2 Å². The minimum atomic E-state index is -0.0600. The van der Waals surface area contributed by atoms with Crippen molar-refractivity contribution in [3.8, 4) is 0 Å². The number of likely N-dealkylation sites (N-methyl/N-ethyl adjacent to an activating group) is 1. The summed E-state index contributed by atoms with van der Waals surface area (Å²) in [6.07, 6.45) is 0. The first-order valence-corrected chi connectivity index (χ1v) is 6.11. The maximum Gasteiger partial charge on any atom is 0.181 e. The Hall–Kier alpha value is -1.19. The maximum atomic E-state index is 12.4. The number of hydrogen-bond acceptors (Lipinski definition) is 3. The van der Waals surface area contributed by atoms with Gasteiger partial charge in [-0.2, -0.15) is 0 Å². The van der Waals surface area contributed by atoms with Crippen LogP contribution < -0.4 is 5.32 Å². The maximum absolute atomic E-state index is 12.4. The van der Waals surface area contributed by atoms with Crippen LogP contribution in [0, 0.1) is 13.8 Å². The van der Waals surface area contributed by atoms with Gasteiger partial charge in [-0.1, -0.05) is 23.8 Å². The number of Topliss-reactive ketones (excluding diaryl/α,β-unsaturated/α-hetero) is 1. The molecule has 2 rings (SSSR count). The molecule has 1 N–H and O–H groups in total. The fourth-order valence-corrected chi connectivity index (χ4v) is 2.35. The standard InChI is InChI=1S/C14H20N2O/c1-10-4-5-12(11(2)8-10)14(17)13-9-16(3)7-6-15-13/h4-5,8,13,15H,6-7,9H2,1-3H3. The Bertz CT molecular complexity index is 428. The van der Waals surface area contributed by atoms with Crippen LogP contribution in [0.5, 0.6) is 0 Å². The van der Waals surface area contributed by atoms with E-state index in [9.17, 15) is 4.79 Å². The first-order valence-electron chi connectivity index (χ1n) is 6.11. The van der Waals surface area contributed by atoms with Crippen molar-refractivity contribution < 1.29 is 4.79 Å². The number of benzene rings is 1. The van der Waals surface area contributed by atoms with Crippen molar-refractivity contribution in [2.24, 2.45) is 0 Å². The number of hydrogen-bond donors (Lipinski definition) is 1. The van der Waals surface area contributed by atoms with Crippen LogP contribution in [0.25, 0.3) is 0 Å². The van der Waals surface area contributed by atoms with Gasteiger partial charge in [0.2, 0.25) is 0 Å². The van der Waals surface area contributed by atoms with Gasteiger partial charge in [-0.15, -0.1) is 0 Å². The molecule has 1 aliphatic heterocycles. The molecule has 1 heterocycles. The number of ketones is 1. The predicted octanol–water partition coefficient (Wildman–Crippen LogP) is 1.39. The topological polar surface area (TPSA) is 32.3 Å². The van der Waals surface area contributed by atoms with Gasteiger partial charge < -0.3 is 10.2 Å². The molecule has 0 aromatic heterocycles. The summed E-state index contributed by atoms with van der Waals surface area (Å²) in [6, 6.07) is 5.96. The number of nitrogens with one attached hydrogen (secondary N) is 1. The zero-order valence-corrected chi connectivity index (χ0v) is 10.8. The summed E-state index contributed by atoms with van der Waals surface area (Å²) in [5, 5.41) is 3.30. The zero-order chi connectivity index (χ0) is 12.4. The Morgan fingerprint density at radius 2 is 2.18 bits per heavy atom. The average Bonchev–Trinajstić information content (AvgIpc) is 2.28. The number of rotatable bonds is 2. The molecule has 1 aromatic carbocycles. The highest BCUT2D eigenvalue weighted by molar-refractivity contribution is 6.01. The fourth-order valence-electron chi connectivity index (χ4n) is 2.35. The quantitative estimate of drug-likeness (QED) is 0.782. The zero-order valence-electron chi connectivity index (χ0n) is 10.8. The van der Waals surface area contributed by atoms with Gasteiger partial charge in [0, 0.05) is 25.2 Å². The highest BCUT2D eigenvalue weighted by Crippen LogP contribution is 2.14. The molecule has 1 aliphatic rings. The summed E-state index contributed by atoms with van der Waals surface area (Å²) < 4.78 is 0. The van der Waals surface area contributed by atoms with Crippen molar-refractivity contribution in [2.45, 2.75) is 19.9 Å². The van der Waals surface area contributed by atoms with Crippen LogP contribution in [-0.2, 0) is 0 Å². The third-order valence-corrected chi connectivity index (χ3v) is 3.34. The molecule has 3 nitrogen and oxygen atoms in total. The van der Waals surface area contributed by atoms with E-state index in [1.807, 2.05) is 26.0 Å². The largest absolute Gasteiger partial charge is 0.305 e. The van der Waals surface area contributed by atoms with Crippen LogP contribution in [0.1, 0.15) is 21.5 Å². The second-order valence-corrected chi connectivity index (χ2v) is 4.95. The minimum Gasteiger partial charge on any atom is -0.305 e. The van der Waals surface area contributed by atoms with Crippen molar-refractivity contribution >= 4 is 5.78 Å². The van der Waals surface area contributed by atoms with Gasteiger partial charge in [-0.05, 0) is 26.5 Å². The molecule has 0 bridgehead atoms. The van der Waals surface area contributed by atoms with E-state index < -0.39 is 0 Å². The molecule has 0 spiro atoms. The van der Waals surface area contributed by atoms with Crippen LogP contribution in [0.3, 0.4) is 0 Å². The van der Waals surface area contributed by atoms with Crippen molar-refractivity contribution in [1.82, 2.24) is 10.2 Å². The molecule has 1 aromatic rings. The number of carbonyl (C=O) groups excluding carboxylic acids is 1.